The van der Waals surface area contributed by atoms with Gasteiger partial charge in [0.25, 0.3) is 0 Å². The zero-order valence-corrected chi connectivity index (χ0v) is 10.2. The molecule has 0 radical (unpaired) electrons. The van der Waals surface area contributed by atoms with Gasteiger partial charge < -0.3 is 5.32 Å². The van der Waals surface area contributed by atoms with Gasteiger partial charge in [0.05, 0.1) is 0 Å². The lowest BCUT2D eigenvalue weighted by Crippen LogP contribution is -2.27. The molecule has 0 aliphatic carbocycles. The van der Waals surface area contributed by atoms with E-state index in [9.17, 15) is 4.79 Å². The molecule has 15 heavy (non-hydrogen) atoms. The predicted molar refractivity (Wildman–Crippen MR) is 64.9 cm³/mol. The average Bonchev–Trinajstić information content (AvgIpc) is 2.26. The summed E-state index contributed by atoms with van der Waals surface area (Å²) in [6, 6.07) is 8.13. The quantitative estimate of drug-likeness (QED) is 0.795. The molecule has 2 nitrogen and oxygen atoms in total. The lowest BCUT2D eigenvalue weighted by Gasteiger charge is -2.10. The van der Waals surface area contributed by atoms with Gasteiger partial charge in [-0.05, 0) is 17.9 Å². The highest BCUT2D eigenvalue weighted by Gasteiger charge is 2.07. The van der Waals surface area contributed by atoms with Crippen LogP contribution in [0.3, 0.4) is 0 Å². The summed E-state index contributed by atoms with van der Waals surface area (Å²) in [5.74, 6) is 0.150. The van der Waals surface area contributed by atoms with Crippen molar-refractivity contribution in [1.29, 1.82) is 0 Å². The summed E-state index contributed by atoms with van der Waals surface area (Å²) in [4.78, 5) is 12.6. The molecule has 1 aromatic rings. The summed E-state index contributed by atoms with van der Waals surface area (Å²) in [6.07, 6.45) is 2.04. The van der Waals surface area contributed by atoms with Crippen molar-refractivity contribution < 1.29 is 4.79 Å². The first kappa shape index (κ1) is 12.1. The summed E-state index contributed by atoms with van der Waals surface area (Å²) < 4.78 is 0. The summed E-state index contributed by atoms with van der Waals surface area (Å²) in [6.45, 7) is 4.42. The molecule has 0 aromatic heterocycles. The molecular weight excluding hydrogens is 206 g/mol. The van der Waals surface area contributed by atoms with Crippen molar-refractivity contribution in [2.75, 3.05) is 6.26 Å². The van der Waals surface area contributed by atoms with Gasteiger partial charge in [-0.15, -0.1) is 11.8 Å². The fraction of sp³-hybridized carbons (Fsp3) is 0.417. The fourth-order valence-electron chi connectivity index (χ4n) is 1.24. The maximum Gasteiger partial charge on any atom is 0.222 e. The Kier molecular flexibility index (Phi) is 4.69. The minimum atomic E-state index is 0.0476. The van der Waals surface area contributed by atoms with E-state index in [2.05, 4.69) is 11.4 Å². The molecule has 0 aliphatic rings. The summed E-state index contributed by atoms with van der Waals surface area (Å²) in [7, 11) is 0. The Morgan fingerprint density at radius 2 is 2.07 bits per heavy atom. The van der Waals surface area contributed by atoms with E-state index < -0.39 is 0 Å². The molecule has 0 saturated heterocycles. The van der Waals surface area contributed by atoms with Gasteiger partial charge >= 0.3 is 0 Å². The van der Waals surface area contributed by atoms with Crippen molar-refractivity contribution in [2.45, 2.75) is 25.3 Å². The maximum atomic E-state index is 11.4. The van der Waals surface area contributed by atoms with E-state index in [1.54, 1.807) is 11.8 Å². The number of carbonyl (C=O) groups excluding carboxylic acids is 1. The van der Waals surface area contributed by atoms with Crippen LogP contribution in [0.25, 0.3) is 0 Å². The topological polar surface area (TPSA) is 29.1 Å². The molecule has 82 valence electrons. The third-order valence-electron chi connectivity index (χ3n) is 2.17. The van der Waals surface area contributed by atoms with Crippen molar-refractivity contribution in [3.8, 4) is 0 Å². The van der Waals surface area contributed by atoms with Crippen LogP contribution in [-0.2, 0) is 11.3 Å². The van der Waals surface area contributed by atoms with Gasteiger partial charge in [0.15, 0.2) is 0 Å². The van der Waals surface area contributed by atoms with Gasteiger partial charge in [-0.3, -0.25) is 4.79 Å². The van der Waals surface area contributed by atoms with Crippen molar-refractivity contribution in [3.05, 3.63) is 29.8 Å². The maximum absolute atomic E-state index is 11.4. The number of amides is 1. The van der Waals surface area contributed by atoms with Crippen LogP contribution in [0.1, 0.15) is 19.4 Å². The van der Waals surface area contributed by atoms with Crippen LogP contribution < -0.4 is 5.32 Å². The molecular formula is C12H17NOS. The first-order valence-electron chi connectivity index (χ1n) is 5.04. The van der Waals surface area contributed by atoms with Crippen molar-refractivity contribution in [3.63, 3.8) is 0 Å². The smallest absolute Gasteiger partial charge is 0.222 e. The standard InChI is InChI=1S/C12H17NOS/c1-9(2)12(14)13-8-10-6-4-5-7-11(10)15-3/h4-7,9H,8H2,1-3H3,(H,13,14). The zero-order valence-electron chi connectivity index (χ0n) is 9.41. The zero-order chi connectivity index (χ0) is 11.3. The molecule has 0 bridgehead atoms. The second-order valence-corrected chi connectivity index (χ2v) is 4.53. The fourth-order valence-corrected chi connectivity index (χ4v) is 1.85. The number of benzene rings is 1. The molecule has 1 amide bonds. The highest BCUT2D eigenvalue weighted by molar-refractivity contribution is 7.98. The Morgan fingerprint density at radius 1 is 1.40 bits per heavy atom. The minimum Gasteiger partial charge on any atom is -0.352 e. The van der Waals surface area contributed by atoms with Gasteiger partial charge in [0, 0.05) is 17.4 Å². The third kappa shape index (κ3) is 3.59. The first-order chi connectivity index (χ1) is 7.15. The number of thioether (sulfide) groups is 1. The van der Waals surface area contributed by atoms with Crippen LogP contribution in [-0.4, -0.2) is 12.2 Å². The Morgan fingerprint density at radius 3 is 2.67 bits per heavy atom. The number of nitrogens with one attached hydrogen (secondary N) is 1. The molecule has 0 spiro atoms. The molecule has 0 heterocycles. The van der Waals surface area contributed by atoms with Crippen LogP contribution >= 0.6 is 11.8 Å². The van der Waals surface area contributed by atoms with Gasteiger partial charge in [0.2, 0.25) is 5.91 Å². The van der Waals surface area contributed by atoms with Gasteiger partial charge in [0.1, 0.15) is 0 Å². The van der Waals surface area contributed by atoms with Gasteiger partial charge in [-0.1, -0.05) is 32.0 Å². The van der Waals surface area contributed by atoms with Crippen LogP contribution in [0.4, 0.5) is 0 Å². The molecule has 0 unspecified atom stereocenters. The molecule has 1 N–H and O–H groups in total. The minimum absolute atomic E-state index is 0.0476. The molecule has 0 fully saturated rings. The monoisotopic (exact) mass is 223 g/mol. The normalized spacial score (nSPS) is 10.4. The van der Waals surface area contributed by atoms with Gasteiger partial charge in [-0.2, -0.15) is 0 Å². The molecule has 0 atom stereocenters. The number of rotatable bonds is 4. The van der Waals surface area contributed by atoms with Crippen molar-refractivity contribution >= 4 is 17.7 Å². The van der Waals surface area contributed by atoms with E-state index in [0.717, 1.165) is 0 Å². The predicted octanol–water partition coefficient (Wildman–Crippen LogP) is 2.68. The largest absolute Gasteiger partial charge is 0.352 e. The lowest BCUT2D eigenvalue weighted by atomic mass is 10.2. The van der Waals surface area contributed by atoms with Crippen molar-refractivity contribution in [2.24, 2.45) is 5.92 Å². The van der Waals surface area contributed by atoms with E-state index >= 15 is 0 Å². The van der Waals surface area contributed by atoms with E-state index in [0.29, 0.717) is 6.54 Å². The van der Waals surface area contributed by atoms with Crippen LogP contribution in [0.5, 0.6) is 0 Å². The first-order valence-corrected chi connectivity index (χ1v) is 6.27. The van der Waals surface area contributed by atoms with E-state index in [-0.39, 0.29) is 11.8 Å². The van der Waals surface area contributed by atoms with Crippen molar-refractivity contribution in [1.82, 2.24) is 5.32 Å². The Labute approximate surface area is 95.5 Å². The highest BCUT2D eigenvalue weighted by Crippen LogP contribution is 2.19. The van der Waals surface area contributed by atoms with E-state index in [1.807, 2.05) is 38.3 Å². The number of hydrogen-bond acceptors (Lipinski definition) is 2. The Hall–Kier alpha value is -0.960. The highest BCUT2D eigenvalue weighted by atomic mass is 32.2. The average molecular weight is 223 g/mol. The second-order valence-electron chi connectivity index (χ2n) is 3.68. The molecule has 1 aromatic carbocycles. The molecule has 1 rings (SSSR count). The third-order valence-corrected chi connectivity index (χ3v) is 3.01. The van der Waals surface area contributed by atoms with Crippen LogP contribution in [0.15, 0.2) is 29.2 Å². The van der Waals surface area contributed by atoms with Crippen LogP contribution in [0, 0.1) is 5.92 Å². The Balaban J connectivity index is 2.61. The number of hydrogen-bond donors (Lipinski definition) is 1. The lowest BCUT2D eigenvalue weighted by molar-refractivity contribution is -0.124. The summed E-state index contributed by atoms with van der Waals surface area (Å²) in [5, 5.41) is 2.92. The summed E-state index contributed by atoms with van der Waals surface area (Å²) >= 11 is 1.70. The van der Waals surface area contributed by atoms with Gasteiger partial charge in [-0.25, -0.2) is 0 Å². The molecule has 3 heteroatoms. The van der Waals surface area contributed by atoms with E-state index in [1.165, 1.54) is 10.5 Å². The molecule has 0 saturated carbocycles. The number of carbonyl (C=O) groups is 1. The van der Waals surface area contributed by atoms with Crippen LogP contribution in [0.2, 0.25) is 0 Å². The summed E-state index contributed by atoms with van der Waals surface area (Å²) in [5.41, 5.74) is 1.18. The molecule has 0 aliphatic heterocycles. The Bertz CT molecular complexity index is 336. The second kappa shape index (κ2) is 5.81. The SMILES string of the molecule is CSc1ccccc1CNC(=O)C(C)C. The van der Waals surface area contributed by atoms with E-state index in [4.69, 9.17) is 0 Å².